The maximum absolute atomic E-state index is 13.2. The molecule has 170 valence electrons. The van der Waals surface area contributed by atoms with Crippen LogP contribution in [0.1, 0.15) is 28.4 Å². The first-order valence-corrected chi connectivity index (χ1v) is 11.5. The van der Waals surface area contributed by atoms with Crippen molar-refractivity contribution in [3.05, 3.63) is 94.1 Å². The molecule has 6 nitrogen and oxygen atoms in total. The zero-order valence-electron chi connectivity index (χ0n) is 18.0. The summed E-state index contributed by atoms with van der Waals surface area (Å²) in [6.45, 7) is 2.33. The Morgan fingerprint density at radius 2 is 1.58 bits per heavy atom. The summed E-state index contributed by atoms with van der Waals surface area (Å²) in [5, 5.41) is 4.01. The Balaban J connectivity index is 1.41. The van der Waals surface area contributed by atoms with Gasteiger partial charge in [0, 0.05) is 37.9 Å². The Labute approximate surface area is 203 Å². The average Bonchev–Trinajstić information content (AvgIpc) is 2.85. The van der Waals surface area contributed by atoms with Crippen molar-refractivity contribution >= 4 is 40.8 Å². The summed E-state index contributed by atoms with van der Waals surface area (Å²) in [5.41, 5.74) is 1.46. The minimum absolute atomic E-state index is 0.00738. The second-order valence-electron chi connectivity index (χ2n) is 7.83. The van der Waals surface area contributed by atoms with Gasteiger partial charge in [-0.25, -0.2) is 4.98 Å². The lowest BCUT2D eigenvalue weighted by atomic mass is 10.0. The Kier molecular flexibility index (Phi) is 7.47. The number of amides is 2. The highest BCUT2D eigenvalue weighted by Gasteiger charge is 2.26. The Morgan fingerprint density at radius 1 is 0.939 bits per heavy atom. The van der Waals surface area contributed by atoms with E-state index in [0.29, 0.717) is 47.6 Å². The number of rotatable bonds is 6. The van der Waals surface area contributed by atoms with E-state index in [1.807, 2.05) is 58.3 Å². The third kappa shape index (κ3) is 5.83. The fraction of sp³-hybridized carbons (Fsp3) is 0.240. The lowest BCUT2D eigenvalue weighted by Gasteiger charge is -2.36. The number of carbonyl (C=O) groups is 2. The predicted molar refractivity (Wildman–Crippen MR) is 131 cm³/mol. The number of carbonyl (C=O) groups excluding carboxylic acids is 2. The monoisotopic (exact) mass is 482 g/mol. The molecule has 0 spiro atoms. The van der Waals surface area contributed by atoms with Crippen molar-refractivity contribution in [3.63, 3.8) is 0 Å². The van der Waals surface area contributed by atoms with Crippen LogP contribution in [0.2, 0.25) is 10.0 Å². The molecule has 8 heteroatoms. The van der Waals surface area contributed by atoms with Gasteiger partial charge in [0.25, 0.3) is 5.91 Å². The van der Waals surface area contributed by atoms with Crippen LogP contribution in [-0.2, 0) is 4.79 Å². The third-order valence-electron chi connectivity index (χ3n) is 5.64. The van der Waals surface area contributed by atoms with Crippen molar-refractivity contribution in [1.82, 2.24) is 15.2 Å². The first kappa shape index (κ1) is 23.1. The van der Waals surface area contributed by atoms with Gasteiger partial charge in [-0.2, -0.15) is 0 Å². The molecule has 1 aromatic heterocycles. The molecule has 2 amide bonds. The molecule has 1 saturated heterocycles. The molecule has 1 aliphatic heterocycles. The van der Waals surface area contributed by atoms with E-state index in [1.165, 1.54) is 0 Å². The highest BCUT2D eigenvalue weighted by Crippen LogP contribution is 2.27. The normalized spacial score (nSPS) is 14.6. The SMILES string of the molecule is O=C(NC(CC(=O)N1CCN(c2ncc(Cl)cc2Cl)CC1)c1ccccc1)c1ccccc1. The molecule has 0 saturated carbocycles. The van der Waals surface area contributed by atoms with Gasteiger partial charge >= 0.3 is 0 Å². The molecule has 2 heterocycles. The summed E-state index contributed by atoms with van der Waals surface area (Å²) in [4.78, 5) is 34.1. The smallest absolute Gasteiger partial charge is 0.251 e. The number of benzene rings is 2. The second kappa shape index (κ2) is 10.7. The lowest BCUT2D eigenvalue weighted by Crippen LogP contribution is -2.49. The molecule has 1 unspecified atom stereocenters. The summed E-state index contributed by atoms with van der Waals surface area (Å²) in [6.07, 6.45) is 1.75. The quantitative estimate of drug-likeness (QED) is 0.557. The first-order valence-electron chi connectivity index (χ1n) is 10.8. The molecular weight excluding hydrogens is 459 g/mol. The summed E-state index contributed by atoms with van der Waals surface area (Å²) in [7, 11) is 0. The van der Waals surface area contributed by atoms with Crippen LogP contribution in [0.25, 0.3) is 0 Å². The van der Waals surface area contributed by atoms with Crippen molar-refractivity contribution in [3.8, 4) is 0 Å². The number of pyridine rings is 1. The van der Waals surface area contributed by atoms with E-state index in [9.17, 15) is 9.59 Å². The van der Waals surface area contributed by atoms with Crippen molar-refractivity contribution in [2.45, 2.75) is 12.5 Å². The molecule has 0 aliphatic carbocycles. The van der Waals surface area contributed by atoms with Gasteiger partial charge in [-0.1, -0.05) is 71.7 Å². The zero-order chi connectivity index (χ0) is 23.2. The molecule has 3 aromatic rings. The maximum atomic E-state index is 13.2. The van der Waals surface area contributed by atoms with E-state index < -0.39 is 6.04 Å². The van der Waals surface area contributed by atoms with Gasteiger partial charge in [-0.05, 0) is 23.8 Å². The largest absolute Gasteiger partial charge is 0.352 e. The van der Waals surface area contributed by atoms with Gasteiger partial charge < -0.3 is 15.1 Å². The summed E-state index contributed by atoms with van der Waals surface area (Å²) in [6, 6.07) is 19.8. The van der Waals surface area contributed by atoms with E-state index in [4.69, 9.17) is 23.2 Å². The summed E-state index contributed by atoms with van der Waals surface area (Å²) in [5.74, 6) is 0.461. The minimum Gasteiger partial charge on any atom is -0.352 e. The predicted octanol–water partition coefficient (Wildman–Crippen LogP) is 4.60. The van der Waals surface area contributed by atoms with E-state index in [2.05, 4.69) is 10.3 Å². The molecule has 1 aliphatic rings. The number of halogens is 2. The van der Waals surface area contributed by atoms with Crippen molar-refractivity contribution in [1.29, 1.82) is 0 Å². The van der Waals surface area contributed by atoms with E-state index in [0.717, 1.165) is 5.56 Å². The fourth-order valence-electron chi connectivity index (χ4n) is 3.88. The second-order valence-corrected chi connectivity index (χ2v) is 8.68. The molecule has 0 radical (unpaired) electrons. The zero-order valence-corrected chi connectivity index (χ0v) is 19.5. The number of hydrogen-bond acceptors (Lipinski definition) is 4. The summed E-state index contributed by atoms with van der Waals surface area (Å²) < 4.78 is 0. The Bertz CT molecular complexity index is 1100. The number of nitrogens with zero attached hydrogens (tertiary/aromatic N) is 3. The number of aromatic nitrogens is 1. The fourth-order valence-corrected chi connectivity index (χ4v) is 4.38. The highest BCUT2D eigenvalue weighted by molar-refractivity contribution is 6.36. The van der Waals surface area contributed by atoms with Crippen LogP contribution >= 0.6 is 23.2 Å². The molecule has 1 fully saturated rings. The van der Waals surface area contributed by atoms with Crippen molar-refractivity contribution < 1.29 is 9.59 Å². The van der Waals surface area contributed by atoms with Crippen LogP contribution in [0.4, 0.5) is 5.82 Å². The number of piperazine rings is 1. The first-order chi connectivity index (χ1) is 16.0. The molecule has 33 heavy (non-hydrogen) atoms. The van der Waals surface area contributed by atoms with Crippen LogP contribution in [0, 0.1) is 0 Å². The van der Waals surface area contributed by atoms with Gasteiger partial charge in [-0.15, -0.1) is 0 Å². The van der Waals surface area contributed by atoms with E-state index >= 15 is 0 Å². The Morgan fingerprint density at radius 3 is 2.21 bits per heavy atom. The van der Waals surface area contributed by atoms with Gasteiger partial charge in [0.2, 0.25) is 5.91 Å². The summed E-state index contributed by atoms with van der Waals surface area (Å²) >= 11 is 12.2. The van der Waals surface area contributed by atoms with Crippen LogP contribution in [-0.4, -0.2) is 47.9 Å². The minimum atomic E-state index is -0.420. The van der Waals surface area contributed by atoms with Crippen LogP contribution in [0.5, 0.6) is 0 Å². The van der Waals surface area contributed by atoms with E-state index in [1.54, 1.807) is 24.4 Å². The molecular formula is C25H24Cl2N4O2. The van der Waals surface area contributed by atoms with Gasteiger partial charge in [-0.3, -0.25) is 9.59 Å². The number of hydrogen-bond donors (Lipinski definition) is 1. The number of nitrogens with one attached hydrogen (secondary N) is 1. The number of anilines is 1. The van der Waals surface area contributed by atoms with Crippen molar-refractivity contribution in [2.75, 3.05) is 31.1 Å². The lowest BCUT2D eigenvalue weighted by molar-refractivity contribution is -0.132. The average molecular weight is 483 g/mol. The third-order valence-corrected chi connectivity index (χ3v) is 6.13. The Hall–Kier alpha value is -3.09. The maximum Gasteiger partial charge on any atom is 0.251 e. The molecule has 1 N–H and O–H groups in total. The molecule has 2 aromatic carbocycles. The van der Waals surface area contributed by atoms with Crippen LogP contribution in [0.15, 0.2) is 72.9 Å². The van der Waals surface area contributed by atoms with Gasteiger partial charge in [0.05, 0.1) is 22.5 Å². The van der Waals surface area contributed by atoms with E-state index in [-0.39, 0.29) is 18.2 Å². The van der Waals surface area contributed by atoms with Crippen LogP contribution in [0.3, 0.4) is 0 Å². The van der Waals surface area contributed by atoms with Crippen LogP contribution < -0.4 is 10.2 Å². The molecule has 4 rings (SSSR count). The van der Waals surface area contributed by atoms with Gasteiger partial charge in [0.1, 0.15) is 5.82 Å². The molecule has 1 atom stereocenters. The van der Waals surface area contributed by atoms with Crippen molar-refractivity contribution in [2.24, 2.45) is 0 Å². The highest BCUT2D eigenvalue weighted by atomic mass is 35.5. The van der Waals surface area contributed by atoms with Gasteiger partial charge in [0.15, 0.2) is 0 Å². The standard InChI is InChI=1S/C25H24Cl2N4O2/c26-20-15-21(27)24(28-17-20)31-13-11-30(12-14-31)23(32)16-22(18-7-3-1-4-8-18)29-25(33)19-9-5-2-6-10-19/h1-10,15,17,22H,11-14,16H2,(H,29,33). The molecule has 0 bridgehead atoms. The topological polar surface area (TPSA) is 65.5 Å².